The summed E-state index contributed by atoms with van der Waals surface area (Å²) in [6.07, 6.45) is 5.19. The number of likely N-dealkylation sites (N-methyl/N-ethyl adjacent to an activating group) is 1. The zero-order valence-electron chi connectivity index (χ0n) is 28.9. The standard InChI is InChI=1S/C35H52FN7O4/c1-8-29(44)39-30(34(47)42-19-18-41(7)21-35(42,5)6)23(4)25-14-15-27(26(36)20-25)38-33(46)31(24-12-10-22(3)11-13-24)40-32(45)28-16-17-37-43(28)9-2/h14-17,20,22-24,30-31H,8-13,18-19,21H2,1-7H3,(H,38,46)(H,39,44)(H,40,45)/t22-,23-,24-,30+,31-/m0/s1. The Morgan fingerprint density at radius 1 is 1.04 bits per heavy atom. The SMILES string of the molecule is CCC(=O)N[C@@H](C(=O)N1CCN(C)CC1(C)C)[C@@H](C)c1ccc(NC(=O)[C@@H](NC(=O)c2ccnn2CC)[C@H]2CC[C@H](C)CC2)c(F)c1. The van der Waals surface area contributed by atoms with Gasteiger partial charge in [-0.3, -0.25) is 23.9 Å². The largest absolute Gasteiger partial charge is 0.344 e. The first-order valence-corrected chi connectivity index (χ1v) is 17.0. The Kier molecular flexibility index (Phi) is 11.8. The van der Waals surface area contributed by atoms with Gasteiger partial charge in [-0.05, 0) is 76.3 Å². The number of halogens is 1. The van der Waals surface area contributed by atoms with Crippen LogP contribution in [0.2, 0.25) is 0 Å². The van der Waals surface area contributed by atoms with Crippen LogP contribution in [0, 0.1) is 17.7 Å². The number of benzene rings is 1. The zero-order valence-corrected chi connectivity index (χ0v) is 28.9. The Hall–Kier alpha value is -3.80. The average molecular weight is 654 g/mol. The molecule has 2 aromatic rings. The monoisotopic (exact) mass is 653 g/mol. The molecule has 0 spiro atoms. The molecule has 11 nitrogen and oxygen atoms in total. The minimum atomic E-state index is -0.894. The third kappa shape index (κ3) is 8.57. The van der Waals surface area contributed by atoms with Gasteiger partial charge in [-0.1, -0.05) is 39.7 Å². The van der Waals surface area contributed by atoms with Crippen LogP contribution >= 0.6 is 0 Å². The maximum absolute atomic E-state index is 15.7. The predicted molar refractivity (Wildman–Crippen MR) is 179 cm³/mol. The van der Waals surface area contributed by atoms with E-state index < -0.39 is 41.2 Å². The van der Waals surface area contributed by atoms with E-state index in [1.165, 1.54) is 12.1 Å². The fourth-order valence-electron chi connectivity index (χ4n) is 6.98. The van der Waals surface area contributed by atoms with E-state index in [4.69, 9.17) is 0 Å². The number of rotatable bonds is 11. The van der Waals surface area contributed by atoms with Crippen molar-refractivity contribution >= 4 is 29.3 Å². The minimum absolute atomic E-state index is 0.0198. The lowest BCUT2D eigenvalue weighted by Crippen LogP contribution is -2.64. The fourth-order valence-corrected chi connectivity index (χ4v) is 6.98. The molecule has 4 rings (SSSR count). The van der Waals surface area contributed by atoms with Crippen molar-refractivity contribution in [2.45, 2.75) is 104 Å². The molecular formula is C35H52FN7O4. The van der Waals surface area contributed by atoms with Crippen LogP contribution in [0.5, 0.6) is 0 Å². The number of aromatic nitrogens is 2. The first kappa shape index (κ1) is 36.0. The van der Waals surface area contributed by atoms with E-state index in [1.807, 2.05) is 32.7 Å². The topological polar surface area (TPSA) is 129 Å². The van der Waals surface area contributed by atoms with Crippen molar-refractivity contribution in [3.05, 3.63) is 47.5 Å². The van der Waals surface area contributed by atoms with Gasteiger partial charge in [-0.2, -0.15) is 5.10 Å². The van der Waals surface area contributed by atoms with Crippen LogP contribution in [-0.4, -0.2) is 87.5 Å². The molecule has 1 saturated heterocycles. The Morgan fingerprint density at radius 3 is 2.36 bits per heavy atom. The molecule has 12 heteroatoms. The van der Waals surface area contributed by atoms with Crippen molar-refractivity contribution in [3.8, 4) is 0 Å². The minimum Gasteiger partial charge on any atom is -0.344 e. The van der Waals surface area contributed by atoms with Crippen molar-refractivity contribution in [3.63, 3.8) is 0 Å². The molecule has 2 heterocycles. The van der Waals surface area contributed by atoms with Gasteiger partial charge in [-0.25, -0.2) is 4.39 Å². The predicted octanol–water partition coefficient (Wildman–Crippen LogP) is 4.16. The zero-order chi connectivity index (χ0) is 34.5. The average Bonchev–Trinajstić information content (AvgIpc) is 3.52. The lowest BCUT2D eigenvalue weighted by atomic mass is 9.79. The molecule has 0 unspecified atom stereocenters. The Bertz CT molecular complexity index is 1430. The summed E-state index contributed by atoms with van der Waals surface area (Å²) in [7, 11) is 2.01. The maximum Gasteiger partial charge on any atom is 0.270 e. The van der Waals surface area contributed by atoms with E-state index in [1.54, 1.807) is 36.9 Å². The Labute approximate surface area is 278 Å². The number of carbonyl (C=O) groups excluding carboxylic acids is 4. The van der Waals surface area contributed by atoms with Gasteiger partial charge in [0.05, 0.1) is 11.2 Å². The lowest BCUT2D eigenvalue weighted by molar-refractivity contribution is -0.144. The maximum atomic E-state index is 15.7. The summed E-state index contributed by atoms with van der Waals surface area (Å²) in [5.74, 6) is -2.13. The fraction of sp³-hybridized carbons (Fsp3) is 0.629. The van der Waals surface area contributed by atoms with Gasteiger partial charge < -0.3 is 25.8 Å². The van der Waals surface area contributed by atoms with Crippen molar-refractivity contribution in [2.24, 2.45) is 11.8 Å². The van der Waals surface area contributed by atoms with E-state index in [0.717, 1.165) is 25.7 Å². The van der Waals surface area contributed by atoms with Gasteiger partial charge in [0.1, 0.15) is 23.6 Å². The van der Waals surface area contributed by atoms with E-state index in [9.17, 15) is 19.2 Å². The Morgan fingerprint density at radius 2 is 1.74 bits per heavy atom. The smallest absolute Gasteiger partial charge is 0.270 e. The summed E-state index contributed by atoms with van der Waals surface area (Å²) >= 11 is 0. The van der Waals surface area contributed by atoms with Crippen molar-refractivity contribution < 1.29 is 23.6 Å². The Balaban J connectivity index is 1.54. The van der Waals surface area contributed by atoms with E-state index in [-0.39, 0.29) is 29.8 Å². The second kappa shape index (κ2) is 15.4. The van der Waals surface area contributed by atoms with Crippen LogP contribution in [0.25, 0.3) is 0 Å². The molecule has 3 atom stereocenters. The molecule has 0 bridgehead atoms. The molecule has 3 N–H and O–H groups in total. The molecule has 2 fully saturated rings. The van der Waals surface area contributed by atoms with Crippen LogP contribution in [0.4, 0.5) is 10.1 Å². The highest BCUT2D eigenvalue weighted by Gasteiger charge is 2.41. The third-order valence-corrected chi connectivity index (χ3v) is 9.89. The first-order valence-electron chi connectivity index (χ1n) is 17.0. The summed E-state index contributed by atoms with van der Waals surface area (Å²) in [6, 6.07) is 4.33. The van der Waals surface area contributed by atoms with Crippen LogP contribution in [0.3, 0.4) is 0 Å². The molecule has 0 radical (unpaired) electrons. The molecule has 258 valence electrons. The van der Waals surface area contributed by atoms with Crippen LogP contribution in [-0.2, 0) is 20.9 Å². The first-order chi connectivity index (χ1) is 22.2. The molecule has 2 aliphatic rings. The molecule has 1 aliphatic carbocycles. The molecule has 1 aromatic heterocycles. The number of anilines is 1. The molecule has 1 aromatic carbocycles. The highest BCUT2D eigenvalue weighted by Crippen LogP contribution is 2.32. The number of nitrogens with zero attached hydrogens (tertiary/aromatic N) is 4. The number of hydrogen-bond donors (Lipinski definition) is 3. The third-order valence-electron chi connectivity index (χ3n) is 9.89. The number of hydrogen-bond acceptors (Lipinski definition) is 6. The summed E-state index contributed by atoms with van der Waals surface area (Å²) in [5, 5.41) is 12.7. The van der Waals surface area contributed by atoms with Crippen LogP contribution in [0.15, 0.2) is 30.5 Å². The van der Waals surface area contributed by atoms with Gasteiger partial charge in [0.15, 0.2) is 0 Å². The lowest BCUT2D eigenvalue weighted by Gasteiger charge is -2.47. The molecule has 47 heavy (non-hydrogen) atoms. The second-order valence-electron chi connectivity index (χ2n) is 14.0. The summed E-state index contributed by atoms with van der Waals surface area (Å²) in [6.45, 7) is 14.0. The highest BCUT2D eigenvalue weighted by molar-refractivity contribution is 6.00. The van der Waals surface area contributed by atoms with Gasteiger partial charge in [0.2, 0.25) is 17.7 Å². The molecule has 1 saturated carbocycles. The van der Waals surface area contributed by atoms with Crippen molar-refractivity contribution in [1.82, 2.24) is 30.2 Å². The number of carbonyl (C=O) groups is 4. The number of aryl methyl sites for hydroxylation is 1. The second-order valence-corrected chi connectivity index (χ2v) is 14.0. The van der Waals surface area contributed by atoms with Gasteiger partial charge in [0, 0.05) is 44.7 Å². The summed E-state index contributed by atoms with van der Waals surface area (Å²) in [5.41, 5.74) is 0.407. The normalized spacial score (nSPS) is 21.7. The quantitative estimate of drug-likeness (QED) is 0.334. The van der Waals surface area contributed by atoms with E-state index in [0.29, 0.717) is 43.4 Å². The van der Waals surface area contributed by atoms with E-state index in [2.05, 4.69) is 32.9 Å². The van der Waals surface area contributed by atoms with Gasteiger partial charge in [-0.15, -0.1) is 0 Å². The number of nitrogens with one attached hydrogen (secondary N) is 3. The van der Waals surface area contributed by atoms with E-state index >= 15 is 4.39 Å². The van der Waals surface area contributed by atoms with Gasteiger partial charge in [0.25, 0.3) is 5.91 Å². The summed E-state index contributed by atoms with van der Waals surface area (Å²) in [4.78, 5) is 57.4. The number of piperazine rings is 1. The molecular weight excluding hydrogens is 601 g/mol. The van der Waals surface area contributed by atoms with Crippen molar-refractivity contribution in [2.75, 3.05) is 32.0 Å². The van der Waals surface area contributed by atoms with Crippen LogP contribution in [0.1, 0.15) is 95.6 Å². The molecule has 1 aliphatic heterocycles. The number of amides is 4. The highest BCUT2D eigenvalue weighted by atomic mass is 19.1. The van der Waals surface area contributed by atoms with Crippen molar-refractivity contribution in [1.29, 1.82) is 0 Å². The molecule has 4 amide bonds. The van der Waals surface area contributed by atoms with Crippen LogP contribution < -0.4 is 16.0 Å². The van der Waals surface area contributed by atoms with Gasteiger partial charge >= 0.3 is 0 Å². The summed E-state index contributed by atoms with van der Waals surface area (Å²) < 4.78 is 17.3.